The van der Waals surface area contributed by atoms with Crippen molar-refractivity contribution in [1.29, 1.82) is 0 Å². The summed E-state index contributed by atoms with van der Waals surface area (Å²) in [5.41, 5.74) is 6.73. The van der Waals surface area contributed by atoms with Crippen molar-refractivity contribution in [2.24, 2.45) is 11.7 Å². The number of hydrogen-bond acceptors (Lipinski definition) is 2. The van der Waals surface area contributed by atoms with Gasteiger partial charge in [-0.3, -0.25) is 0 Å². The summed E-state index contributed by atoms with van der Waals surface area (Å²) < 4.78 is 14.9. The van der Waals surface area contributed by atoms with Crippen molar-refractivity contribution in [2.75, 3.05) is 18.0 Å². The third-order valence-corrected chi connectivity index (χ3v) is 4.68. The van der Waals surface area contributed by atoms with Gasteiger partial charge in [-0.15, -0.1) is 0 Å². The number of halogens is 2. The average molecular weight is 361 g/mol. The van der Waals surface area contributed by atoms with Crippen LogP contribution in [-0.2, 0) is 0 Å². The molecule has 1 aromatic rings. The molecule has 112 valence electrons. The summed E-state index contributed by atoms with van der Waals surface area (Å²) in [7, 11) is 0. The molecule has 0 spiro atoms. The summed E-state index contributed by atoms with van der Waals surface area (Å²) in [6, 6.07) is 3.54. The van der Waals surface area contributed by atoms with Crippen LogP contribution in [0, 0.1) is 11.7 Å². The lowest BCUT2D eigenvalue weighted by molar-refractivity contribution is 0.481. The maximum Gasteiger partial charge on any atom is 0.161 e. The number of rotatable bonds is 7. The van der Waals surface area contributed by atoms with Crippen LogP contribution in [-0.4, -0.2) is 18.1 Å². The lowest BCUT2D eigenvalue weighted by Crippen LogP contribution is -2.30. The monoisotopic (exact) mass is 360 g/mol. The summed E-state index contributed by atoms with van der Waals surface area (Å²) in [5.74, 6) is 0.284. The molecule has 5 heteroatoms. The molecule has 0 amide bonds. The Kier molecular flexibility index (Phi) is 6.89. The van der Waals surface area contributed by atoms with Gasteiger partial charge < -0.3 is 10.6 Å². The molecule has 0 atom stereocenters. The summed E-state index contributed by atoms with van der Waals surface area (Å²) in [4.78, 5) is 2.27. The van der Waals surface area contributed by atoms with Crippen molar-refractivity contribution in [3.8, 4) is 0 Å². The highest BCUT2D eigenvalue weighted by Gasteiger charge is 2.18. The molecular formula is C15H22BrFN2S. The van der Waals surface area contributed by atoms with Gasteiger partial charge in [-0.1, -0.05) is 38.9 Å². The first-order valence-electron chi connectivity index (χ1n) is 6.98. The normalized spacial score (nSPS) is 10.9. The van der Waals surface area contributed by atoms with Crippen LogP contribution in [0.5, 0.6) is 0 Å². The Morgan fingerprint density at radius 2 is 1.95 bits per heavy atom. The molecule has 20 heavy (non-hydrogen) atoms. The Morgan fingerprint density at radius 3 is 2.40 bits per heavy atom. The maximum absolute atomic E-state index is 14.5. The Labute approximate surface area is 134 Å². The molecule has 0 aliphatic heterocycles. The summed E-state index contributed by atoms with van der Waals surface area (Å²) in [6.07, 6.45) is 2.20. The predicted molar refractivity (Wildman–Crippen MR) is 91.9 cm³/mol. The molecule has 0 saturated carbocycles. The van der Waals surface area contributed by atoms with Gasteiger partial charge in [0.2, 0.25) is 0 Å². The SMILES string of the molecule is CCC(CC)CN(CC)c1ccc(C(N)=S)c(Br)c1F. The fraction of sp³-hybridized carbons (Fsp3) is 0.533. The first-order chi connectivity index (χ1) is 9.46. The van der Waals surface area contributed by atoms with Crippen molar-refractivity contribution in [3.63, 3.8) is 0 Å². The summed E-state index contributed by atoms with van der Waals surface area (Å²) >= 11 is 8.18. The molecule has 2 N–H and O–H groups in total. The predicted octanol–water partition coefficient (Wildman–Crippen LogP) is 4.48. The number of thiocarbonyl (C=S) groups is 1. The second-order valence-corrected chi connectivity index (χ2v) is 6.08. The highest BCUT2D eigenvalue weighted by Crippen LogP contribution is 2.30. The van der Waals surface area contributed by atoms with Crippen LogP contribution >= 0.6 is 28.1 Å². The van der Waals surface area contributed by atoms with E-state index in [0.717, 1.165) is 25.9 Å². The van der Waals surface area contributed by atoms with E-state index in [2.05, 4.69) is 34.7 Å². The zero-order valence-electron chi connectivity index (χ0n) is 12.2. The van der Waals surface area contributed by atoms with Gasteiger partial charge in [0.25, 0.3) is 0 Å². The van der Waals surface area contributed by atoms with Crippen LogP contribution < -0.4 is 10.6 Å². The van der Waals surface area contributed by atoms with Crippen molar-refractivity contribution >= 4 is 38.8 Å². The third-order valence-electron chi connectivity index (χ3n) is 3.68. The molecule has 1 aromatic carbocycles. The largest absolute Gasteiger partial charge is 0.389 e. The maximum atomic E-state index is 14.5. The molecule has 0 aliphatic carbocycles. The summed E-state index contributed by atoms with van der Waals surface area (Å²) in [6.45, 7) is 8.01. The molecule has 0 bridgehead atoms. The van der Waals surface area contributed by atoms with Crippen LogP contribution in [0.2, 0.25) is 0 Å². The van der Waals surface area contributed by atoms with Crippen LogP contribution in [0.25, 0.3) is 0 Å². The van der Waals surface area contributed by atoms with Gasteiger partial charge in [-0.05, 0) is 40.9 Å². The van der Waals surface area contributed by atoms with Gasteiger partial charge in [-0.2, -0.15) is 0 Å². The Balaban J connectivity index is 3.10. The molecule has 0 heterocycles. The lowest BCUT2D eigenvalue weighted by Gasteiger charge is -2.28. The molecule has 1 rings (SSSR count). The van der Waals surface area contributed by atoms with E-state index in [1.54, 1.807) is 12.1 Å². The van der Waals surface area contributed by atoms with E-state index in [9.17, 15) is 4.39 Å². The van der Waals surface area contributed by atoms with Gasteiger partial charge in [0, 0.05) is 18.7 Å². The molecular weight excluding hydrogens is 339 g/mol. The van der Waals surface area contributed by atoms with E-state index in [4.69, 9.17) is 18.0 Å². The fourth-order valence-electron chi connectivity index (χ4n) is 2.23. The van der Waals surface area contributed by atoms with Crippen LogP contribution in [0.4, 0.5) is 10.1 Å². The van der Waals surface area contributed by atoms with Crippen LogP contribution in [0.1, 0.15) is 39.2 Å². The highest BCUT2D eigenvalue weighted by atomic mass is 79.9. The zero-order valence-corrected chi connectivity index (χ0v) is 14.7. The number of anilines is 1. The Hall–Kier alpha value is -0.680. The van der Waals surface area contributed by atoms with E-state index < -0.39 is 0 Å². The fourth-order valence-corrected chi connectivity index (χ4v) is 3.08. The van der Waals surface area contributed by atoms with Crippen molar-refractivity contribution in [3.05, 3.63) is 28.0 Å². The van der Waals surface area contributed by atoms with Gasteiger partial charge in [0.15, 0.2) is 5.82 Å². The molecule has 2 nitrogen and oxygen atoms in total. The molecule has 0 unspecified atom stereocenters. The quantitative estimate of drug-likeness (QED) is 0.726. The minimum Gasteiger partial charge on any atom is -0.389 e. The Morgan fingerprint density at radius 1 is 1.35 bits per heavy atom. The topological polar surface area (TPSA) is 29.3 Å². The van der Waals surface area contributed by atoms with Gasteiger partial charge in [0.1, 0.15) is 4.99 Å². The lowest BCUT2D eigenvalue weighted by atomic mass is 10.0. The van der Waals surface area contributed by atoms with E-state index in [1.165, 1.54) is 0 Å². The van der Waals surface area contributed by atoms with Crippen molar-refractivity contribution < 1.29 is 4.39 Å². The first-order valence-corrected chi connectivity index (χ1v) is 8.18. The minimum atomic E-state index is -0.289. The molecule has 0 saturated heterocycles. The molecule has 0 radical (unpaired) electrons. The third kappa shape index (κ3) is 3.92. The molecule has 0 fully saturated rings. The van der Waals surface area contributed by atoms with E-state index >= 15 is 0 Å². The van der Waals surface area contributed by atoms with Gasteiger partial charge in [0.05, 0.1) is 10.2 Å². The van der Waals surface area contributed by atoms with Crippen LogP contribution in [0.3, 0.4) is 0 Å². The van der Waals surface area contributed by atoms with E-state index in [0.29, 0.717) is 21.6 Å². The summed E-state index contributed by atoms with van der Waals surface area (Å²) in [5, 5.41) is 0. The molecule has 0 aliphatic rings. The van der Waals surface area contributed by atoms with Crippen molar-refractivity contribution in [1.82, 2.24) is 0 Å². The van der Waals surface area contributed by atoms with Gasteiger partial charge in [-0.25, -0.2) is 4.39 Å². The minimum absolute atomic E-state index is 0.199. The van der Waals surface area contributed by atoms with Crippen molar-refractivity contribution in [2.45, 2.75) is 33.6 Å². The van der Waals surface area contributed by atoms with Gasteiger partial charge >= 0.3 is 0 Å². The zero-order chi connectivity index (χ0) is 15.3. The highest BCUT2D eigenvalue weighted by molar-refractivity contribution is 9.10. The average Bonchev–Trinajstić information content (AvgIpc) is 2.43. The number of nitrogens with two attached hydrogens (primary N) is 1. The standard InChI is InChI=1S/C15H22BrFN2S/c1-4-10(5-2)9-19(6-3)12-8-7-11(15(18)20)13(16)14(12)17/h7-8,10H,4-6,9H2,1-3H3,(H2,18,20). The number of hydrogen-bond donors (Lipinski definition) is 1. The number of nitrogens with zero attached hydrogens (tertiary/aromatic N) is 1. The van der Waals surface area contributed by atoms with Crippen LogP contribution in [0.15, 0.2) is 16.6 Å². The van der Waals surface area contributed by atoms with E-state index in [1.807, 2.05) is 6.92 Å². The molecule has 0 aromatic heterocycles. The van der Waals surface area contributed by atoms with E-state index in [-0.39, 0.29) is 10.8 Å². The Bertz CT molecular complexity index is 475. The smallest absolute Gasteiger partial charge is 0.161 e. The second kappa shape index (κ2) is 7.93. The first kappa shape index (κ1) is 17.4. The second-order valence-electron chi connectivity index (χ2n) is 4.85. The number of benzene rings is 1.